The highest BCUT2D eigenvalue weighted by Crippen LogP contribution is 2.22. The van der Waals surface area contributed by atoms with Crippen LogP contribution in [0.2, 0.25) is 0 Å². The molecule has 1 aromatic carbocycles. The molecule has 1 amide bonds. The van der Waals surface area contributed by atoms with Gasteiger partial charge in [0.15, 0.2) is 0 Å². The van der Waals surface area contributed by atoms with Crippen LogP contribution in [0.1, 0.15) is 10.5 Å². The van der Waals surface area contributed by atoms with E-state index in [9.17, 15) is 17.6 Å². The van der Waals surface area contributed by atoms with Crippen molar-refractivity contribution in [2.24, 2.45) is 12.8 Å². The fourth-order valence-corrected chi connectivity index (χ4v) is 2.88. The van der Waals surface area contributed by atoms with Crippen LogP contribution in [0.15, 0.2) is 35.4 Å². The number of nitrogens with zero attached hydrogens (tertiary/aromatic N) is 1. The van der Waals surface area contributed by atoms with Gasteiger partial charge in [0.1, 0.15) is 16.4 Å². The first-order valence-corrected chi connectivity index (χ1v) is 7.23. The van der Waals surface area contributed by atoms with Crippen molar-refractivity contribution >= 4 is 27.3 Å². The first kappa shape index (κ1) is 14.9. The molecule has 0 atom stereocenters. The third kappa shape index (κ3) is 2.97. The first-order chi connectivity index (χ1) is 9.70. The zero-order chi connectivity index (χ0) is 15.8. The summed E-state index contributed by atoms with van der Waals surface area (Å²) in [7, 11) is -2.59. The Morgan fingerprint density at radius 3 is 2.57 bits per heavy atom. The maximum atomic E-state index is 13.6. The second-order valence-corrected chi connectivity index (χ2v) is 6.06. The average molecular weight is 312 g/mol. The number of nitrogen functional groups attached to an aromatic ring is 1. The number of sulfonamides is 1. The number of anilines is 2. The molecule has 112 valence electrons. The molecule has 0 aliphatic rings. The minimum absolute atomic E-state index is 0.0171. The number of carbonyl (C=O) groups excluding carboxylic acids is 1. The smallest absolute Gasteiger partial charge is 0.265 e. The van der Waals surface area contributed by atoms with Gasteiger partial charge in [0.2, 0.25) is 0 Å². The average Bonchev–Trinajstić information content (AvgIpc) is 2.77. The Labute approximate surface area is 120 Å². The molecule has 0 bridgehead atoms. The minimum Gasteiger partial charge on any atom is -0.399 e. The third-order valence-corrected chi connectivity index (χ3v) is 4.11. The van der Waals surface area contributed by atoms with Gasteiger partial charge in [-0.2, -0.15) is 0 Å². The number of aryl methyl sites for hydroxylation is 1. The van der Waals surface area contributed by atoms with E-state index in [4.69, 9.17) is 11.5 Å². The van der Waals surface area contributed by atoms with Crippen LogP contribution in [-0.4, -0.2) is 18.9 Å². The highest BCUT2D eigenvalue weighted by molar-refractivity contribution is 7.92. The summed E-state index contributed by atoms with van der Waals surface area (Å²) in [5, 5.41) is 0. The van der Waals surface area contributed by atoms with E-state index in [-0.39, 0.29) is 22.0 Å². The lowest BCUT2D eigenvalue weighted by molar-refractivity contribution is 0.0992. The lowest BCUT2D eigenvalue weighted by Crippen LogP contribution is -2.15. The number of primary amides is 1. The minimum atomic E-state index is -4.06. The van der Waals surface area contributed by atoms with Gasteiger partial charge in [-0.25, -0.2) is 12.8 Å². The summed E-state index contributed by atoms with van der Waals surface area (Å²) in [6.07, 6.45) is 1.20. The maximum absolute atomic E-state index is 13.6. The van der Waals surface area contributed by atoms with Crippen molar-refractivity contribution in [1.82, 2.24) is 4.57 Å². The largest absolute Gasteiger partial charge is 0.399 e. The van der Waals surface area contributed by atoms with Crippen LogP contribution in [0.5, 0.6) is 0 Å². The predicted octanol–water partition coefficient (Wildman–Crippen LogP) is 0.646. The molecule has 0 spiro atoms. The Bertz CT molecular complexity index is 814. The van der Waals surface area contributed by atoms with Gasteiger partial charge in [0.25, 0.3) is 15.9 Å². The molecule has 0 saturated heterocycles. The predicted molar refractivity (Wildman–Crippen MR) is 75.6 cm³/mol. The zero-order valence-electron chi connectivity index (χ0n) is 11.0. The molecule has 7 nitrogen and oxygen atoms in total. The normalized spacial score (nSPS) is 11.3. The fraction of sp³-hybridized carbons (Fsp3) is 0.0833. The molecule has 21 heavy (non-hydrogen) atoms. The van der Waals surface area contributed by atoms with Crippen LogP contribution in [0.25, 0.3) is 0 Å². The molecule has 0 unspecified atom stereocenters. The lowest BCUT2D eigenvalue weighted by atomic mass is 10.3. The number of carbonyl (C=O) groups is 1. The molecular weight excluding hydrogens is 299 g/mol. The summed E-state index contributed by atoms with van der Waals surface area (Å²) < 4.78 is 41.3. The second kappa shape index (κ2) is 5.09. The summed E-state index contributed by atoms with van der Waals surface area (Å²) in [5.41, 5.74) is 10.5. The number of hydrogen-bond acceptors (Lipinski definition) is 4. The zero-order valence-corrected chi connectivity index (χ0v) is 11.8. The van der Waals surface area contributed by atoms with Crippen LogP contribution in [0.4, 0.5) is 15.8 Å². The topological polar surface area (TPSA) is 120 Å². The van der Waals surface area contributed by atoms with Crippen molar-refractivity contribution in [3.63, 3.8) is 0 Å². The Kier molecular flexibility index (Phi) is 3.60. The summed E-state index contributed by atoms with van der Waals surface area (Å²) in [4.78, 5) is 10.9. The molecule has 2 rings (SSSR count). The number of nitrogens with one attached hydrogen (secondary N) is 1. The molecule has 5 N–H and O–H groups in total. The standard InChI is InChI=1S/C12H13FN4O3S/c1-17-6-8(5-11(17)12(15)18)21(19,20)16-10-4-7(14)2-3-9(10)13/h2-6,16H,14H2,1H3,(H2,15,18). The fourth-order valence-electron chi connectivity index (χ4n) is 1.75. The van der Waals surface area contributed by atoms with Crippen LogP contribution in [-0.2, 0) is 17.1 Å². The van der Waals surface area contributed by atoms with Crippen LogP contribution < -0.4 is 16.2 Å². The Hall–Kier alpha value is -2.55. The van der Waals surface area contributed by atoms with Gasteiger partial charge in [-0.1, -0.05) is 0 Å². The molecular formula is C12H13FN4O3S. The number of rotatable bonds is 4. The number of halogens is 1. The van der Waals surface area contributed by atoms with E-state index in [1.807, 2.05) is 0 Å². The van der Waals surface area contributed by atoms with Gasteiger partial charge < -0.3 is 16.0 Å². The highest BCUT2D eigenvalue weighted by atomic mass is 32.2. The van der Waals surface area contributed by atoms with E-state index < -0.39 is 21.7 Å². The third-order valence-electron chi connectivity index (χ3n) is 2.78. The summed E-state index contributed by atoms with van der Waals surface area (Å²) >= 11 is 0. The van der Waals surface area contributed by atoms with E-state index in [1.54, 1.807) is 0 Å². The van der Waals surface area contributed by atoms with Crippen molar-refractivity contribution in [3.05, 3.63) is 42.0 Å². The SMILES string of the molecule is Cn1cc(S(=O)(=O)Nc2cc(N)ccc2F)cc1C(N)=O. The number of aromatic nitrogens is 1. The number of nitrogens with two attached hydrogens (primary N) is 2. The van der Waals surface area contributed by atoms with Crippen LogP contribution in [0.3, 0.4) is 0 Å². The number of amides is 1. The molecule has 1 aromatic heterocycles. The molecule has 0 aliphatic carbocycles. The van der Waals surface area contributed by atoms with Gasteiger partial charge in [-0.3, -0.25) is 9.52 Å². The molecule has 1 heterocycles. The summed E-state index contributed by atoms with van der Waals surface area (Å²) in [5.74, 6) is -1.53. The summed E-state index contributed by atoms with van der Waals surface area (Å²) in [6.45, 7) is 0. The number of hydrogen-bond donors (Lipinski definition) is 3. The molecule has 2 aromatic rings. The monoisotopic (exact) mass is 312 g/mol. The van der Waals surface area contributed by atoms with Gasteiger partial charge in [-0.05, 0) is 24.3 Å². The highest BCUT2D eigenvalue weighted by Gasteiger charge is 2.21. The van der Waals surface area contributed by atoms with Gasteiger partial charge in [-0.15, -0.1) is 0 Å². The molecule has 0 radical (unpaired) electrons. The Morgan fingerprint density at radius 1 is 1.33 bits per heavy atom. The Morgan fingerprint density at radius 2 is 2.00 bits per heavy atom. The van der Waals surface area contributed by atoms with Crippen LogP contribution >= 0.6 is 0 Å². The van der Waals surface area contributed by atoms with E-state index in [0.717, 1.165) is 18.2 Å². The lowest BCUT2D eigenvalue weighted by Gasteiger charge is -2.08. The number of benzene rings is 1. The van der Waals surface area contributed by atoms with Crippen molar-refractivity contribution in [2.75, 3.05) is 10.5 Å². The van der Waals surface area contributed by atoms with E-state index >= 15 is 0 Å². The molecule has 0 aliphatic heterocycles. The first-order valence-electron chi connectivity index (χ1n) is 5.75. The van der Waals surface area contributed by atoms with Crippen molar-refractivity contribution < 1.29 is 17.6 Å². The van der Waals surface area contributed by atoms with Crippen molar-refractivity contribution in [3.8, 4) is 0 Å². The Balaban J connectivity index is 2.41. The van der Waals surface area contributed by atoms with Crippen molar-refractivity contribution in [1.29, 1.82) is 0 Å². The van der Waals surface area contributed by atoms with E-state index in [1.165, 1.54) is 23.9 Å². The van der Waals surface area contributed by atoms with E-state index in [2.05, 4.69) is 4.72 Å². The summed E-state index contributed by atoms with van der Waals surface area (Å²) in [6, 6.07) is 4.62. The van der Waals surface area contributed by atoms with Gasteiger partial charge in [0.05, 0.1) is 5.69 Å². The quantitative estimate of drug-likeness (QED) is 0.718. The van der Waals surface area contributed by atoms with Crippen LogP contribution in [0, 0.1) is 5.82 Å². The molecule has 0 saturated carbocycles. The second-order valence-electron chi connectivity index (χ2n) is 4.38. The van der Waals surface area contributed by atoms with Crippen molar-refractivity contribution in [2.45, 2.75) is 4.90 Å². The van der Waals surface area contributed by atoms with Gasteiger partial charge in [0, 0.05) is 18.9 Å². The van der Waals surface area contributed by atoms with E-state index in [0.29, 0.717) is 0 Å². The maximum Gasteiger partial charge on any atom is 0.265 e. The molecule has 0 fully saturated rings. The van der Waals surface area contributed by atoms with Gasteiger partial charge >= 0.3 is 0 Å². The molecule has 9 heteroatoms.